The maximum Gasteiger partial charge on any atom is 0.413 e. The van der Waals surface area contributed by atoms with Crippen molar-refractivity contribution in [2.24, 2.45) is 27.6 Å². The summed E-state index contributed by atoms with van der Waals surface area (Å²) >= 11 is 2.62. The highest BCUT2D eigenvalue weighted by atomic mass is 32.2. The number of fused-ring (bicyclic) bond motifs is 2. The number of amidine groups is 2. The van der Waals surface area contributed by atoms with Crippen LogP contribution in [0, 0.1) is 35.1 Å². The van der Waals surface area contributed by atoms with Gasteiger partial charge in [0, 0.05) is 58.0 Å². The number of anilines is 2. The first-order chi connectivity index (χ1) is 31.7. The number of halogens is 4. The summed E-state index contributed by atoms with van der Waals surface area (Å²) in [6.07, 6.45) is 3.74. The van der Waals surface area contributed by atoms with Gasteiger partial charge in [0.1, 0.15) is 28.1 Å². The van der Waals surface area contributed by atoms with Gasteiger partial charge in [-0.1, -0.05) is 23.5 Å². The Hall–Kier alpha value is -6.11. The molecule has 0 radical (unpaired) electrons. The molecule has 4 aliphatic rings. The van der Waals surface area contributed by atoms with Crippen molar-refractivity contribution in [1.82, 2.24) is 25.3 Å². The number of nitrogens with two attached hydrogens (primary N) is 1. The molecule has 4 aliphatic heterocycles. The van der Waals surface area contributed by atoms with Gasteiger partial charge in [0.15, 0.2) is 33.6 Å². The van der Waals surface area contributed by atoms with Crippen molar-refractivity contribution in [3.8, 4) is 11.8 Å². The number of nitrogens with one attached hydrogen (secondary N) is 3. The van der Waals surface area contributed by atoms with Crippen LogP contribution in [0.3, 0.4) is 0 Å². The molecule has 3 amide bonds. The Morgan fingerprint density at radius 1 is 0.701 bits per heavy atom. The number of aliphatic imine (C=N–C) groups is 2. The van der Waals surface area contributed by atoms with Gasteiger partial charge in [0.05, 0.1) is 64.4 Å². The van der Waals surface area contributed by atoms with E-state index in [1.54, 1.807) is 20.8 Å². The Kier molecular flexibility index (Phi) is 14.3. The largest absolute Gasteiger partial charge is 0.480 e. The van der Waals surface area contributed by atoms with Gasteiger partial charge >= 0.3 is 6.09 Å². The van der Waals surface area contributed by atoms with Gasteiger partial charge < -0.3 is 40.1 Å². The number of ether oxygens (including phenoxy) is 5. The van der Waals surface area contributed by atoms with Gasteiger partial charge in [0.25, 0.3) is 11.8 Å². The average molecular weight is 971 g/mol. The predicted octanol–water partition coefficient (Wildman–Crippen LogP) is 6.18. The SMILES string of the molecule is COc1cnc(C(=O)Nc2cc(F)c(F)c([C@]34CO[C@H](C)[C@H]3CSC(N)=N4)c2)cn1.COc1cnc(C(=O)Nc2cc(F)c(F)c([C@]34CO[C@H](C)[C@H]3CSC(NC(=O)OC(C)(C)C)=N4)c2)cn1. The first-order valence-electron chi connectivity index (χ1n) is 20.5. The number of hydrogen-bond acceptors (Lipinski definition) is 17. The van der Waals surface area contributed by atoms with E-state index in [1.165, 1.54) is 74.7 Å². The molecule has 2 fully saturated rings. The molecular weight excluding hydrogens is 925 g/mol. The van der Waals surface area contributed by atoms with Gasteiger partial charge in [0.2, 0.25) is 11.8 Å². The molecule has 18 nitrogen and oxygen atoms in total. The molecule has 356 valence electrons. The van der Waals surface area contributed by atoms with Crippen LogP contribution in [0.5, 0.6) is 11.8 Å². The zero-order valence-electron chi connectivity index (χ0n) is 37.1. The molecule has 6 heterocycles. The highest BCUT2D eigenvalue weighted by Crippen LogP contribution is 2.50. The molecule has 24 heteroatoms. The smallest absolute Gasteiger partial charge is 0.413 e. The lowest BCUT2D eigenvalue weighted by Crippen LogP contribution is -2.45. The summed E-state index contributed by atoms with van der Waals surface area (Å²) in [6, 6.07) is 4.48. The summed E-state index contributed by atoms with van der Waals surface area (Å²) < 4.78 is 86.2. The van der Waals surface area contributed by atoms with Crippen LogP contribution < -0.4 is 31.2 Å². The molecule has 0 aliphatic carbocycles. The normalized spacial score (nSPS) is 24.1. The van der Waals surface area contributed by atoms with Crippen molar-refractivity contribution in [3.63, 3.8) is 0 Å². The quantitative estimate of drug-likeness (QED) is 0.144. The molecule has 8 rings (SSSR count). The Balaban J connectivity index is 0.000000203. The second-order valence-corrected chi connectivity index (χ2v) is 18.7. The summed E-state index contributed by atoms with van der Waals surface area (Å²) in [6.45, 7) is 8.89. The minimum atomic E-state index is -1.33. The fourth-order valence-electron chi connectivity index (χ4n) is 7.85. The van der Waals surface area contributed by atoms with Crippen molar-refractivity contribution < 1.29 is 55.6 Å². The maximum absolute atomic E-state index is 15.3. The van der Waals surface area contributed by atoms with Crippen molar-refractivity contribution in [2.75, 3.05) is 49.6 Å². The Morgan fingerprint density at radius 2 is 1.16 bits per heavy atom. The van der Waals surface area contributed by atoms with E-state index in [0.29, 0.717) is 11.5 Å². The van der Waals surface area contributed by atoms with Crippen molar-refractivity contribution in [1.29, 1.82) is 0 Å². The van der Waals surface area contributed by atoms with Crippen LogP contribution in [-0.4, -0.2) is 105 Å². The summed E-state index contributed by atoms with van der Waals surface area (Å²) in [7, 11) is 2.83. The van der Waals surface area contributed by atoms with Crippen molar-refractivity contribution >= 4 is 63.1 Å². The van der Waals surface area contributed by atoms with Crippen LogP contribution in [0.4, 0.5) is 33.7 Å². The van der Waals surface area contributed by atoms with Crippen LogP contribution in [0.2, 0.25) is 0 Å². The van der Waals surface area contributed by atoms with Crippen LogP contribution in [0.1, 0.15) is 66.7 Å². The second-order valence-electron chi connectivity index (χ2n) is 16.6. The fraction of sp³-hybridized carbons (Fsp3) is 0.419. The monoisotopic (exact) mass is 970 g/mol. The van der Waals surface area contributed by atoms with Gasteiger partial charge in [-0.3, -0.25) is 14.9 Å². The molecule has 2 saturated heterocycles. The third-order valence-corrected chi connectivity index (χ3v) is 13.1. The van der Waals surface area contributed by atoms with E-state index in [-0.39, 0.29) is 93.2 Å². The van der Waals surface area contributed by atoms with E-state index < -0.39 is 57.9 Å². The number of aromatic nitrogens is 4. The molecule has 67 heavy (non-hydrogen) atoms. The molecule has 0 saturated carbocycles. The number of rotatable bonds is 8. The minimum Gasteiger partial charge on any atom is -0.480 e. The van der Waals surface area contributed by atoms with E-state index in [0.717, 1.165) is 12.1 Å². The highest BCUT2D eigenvalue weighted by Gasteiger charge is 2.55. The number of benzene rings is 2. The average Bonchev–Trinajstić information content (AvgIpc) is 3.81. The van der Waals surface area contributed by atoms with E-state index in [4.69, 9.17) is 29.4 Å². The molecule has 6 atom stereocenters. The maximum atomic E-state index is 15.3. The molecule has 0 unspecified atom stereocenters. The van der Waals surface area contributed by atoms with Gasteiger partial charge in [-0.25, -0.2) is 52.3 Å². The van der Waals surface area contributed by atoms with Gasteiger partial charge in [-0.15, -0.1) is 0 Å². The predicted molar refractivity (Wildman–Crippen MR) is 240 cm³/mol. The van der Waals surface area contributed by atoms with E-state index in [2.05, 4.69) is 45.9 Å². The third kappa shape index (κ3) is 10.4. The minimum absolute atomic E-state index is 0.000672. The number of hydrogen-bond donors (Lipinski definition) is 4. The molecule has 2 aromatic carbocycles. The topological polar surface area (TPSA) is 236 Å². The van der Waals surface area contributed by atoms with Crippen molar-refractivity contribution in [3.05, 3.63) is 94.8 Å². The number of thioether (sulfide) groups is 2. The second kappa shape index (κ2) is 19.6. The zero-order chi connectivity index (χ0) is 48.4. The highest BCUT2D eigenvalue weighted by molar-refractivity contribution is 8.14. The van der Waals surface area contributed by atoms with E-state index >= 15 is 4.39 Å². The van der Waals surface area contributed by atoms with Crippen LogP contribution in [0.15, 0.2) is 59.0 Å². The van der Waals surface area contributed by atoms with Crippen molar-refractivity contribution in [2.45, 2.75) is 63.5 Å². The molecule has 5 N–H and O–H groups in total. The van der Waals surface area contributed by atoms with E-state index in [1.807, 2.05) is 13.8 Å². The lowest BCUT2D eigenvalue weighted by atomic mass is 9.79. The first kappa shape index (κ1) is 48.8. The zero-order valence-corrected chi connectivity index (χ0v) is 38.7. The first-order valence-corrected chi connectivity index (χ1v) is 22.5. The number of carbonyl (C=O) groups excluding carboxylic acids is 3. The van der Waals surface area contributed by atoms with Gasteiger partial charge in [-0.05, 0) is 46.8 Å². The summed E-state index contributed by atoms with van der Waals surface area (Å²) in [4.78, 5) is 62.4. The third-order valence-electron chi connectivity index (χ3n) is 11.2. The molecule has 2 aromatic heterocycles. The molecular formula is C43H46F4N10O8S2. The standard InChI is InChI=1S/C24H27F2N5O5S.C19H19F2N5O3S/c1-12-15-10-37-21(30-22(33)36-23(2,3)4)31-24(15,11-35-12)14-6-13(7-16(25)19(14)26)29-20(32)17-8-28-18(34-5)9-27-17;1-9-12-7-30-18(22)26-19(12,8-29-9)11-3-10(4-13(20)16(11)21)25-17(27)14-5-24-15(28-2)6-23-14/h6-9,12,15H,10-11H2,1-5H3,(H,29,32)(H,30,31,33);3-6,9,12H,7-8H2,1-2H3,(H2,22,26)(H,25,27)/t12-,15-,24-;9-,12-,19-/m11/s1. The molecule has 0 spiro atoms. The number of nitrogens with zero attached hydrogens (tertiary/aromatic N) is 6. The molecule has 4 aromatic rings. The number of alkyl carbamates (subject to hydrolysis) is 1. The Morgan fingerprint density at radius 3 is 1.60 bits per heavy atom. The lowest BCUT2D eigenvalue weighted by Gasteiger charge is -2.36. The van der Waals surface area contributed by atoms with Crippen LogP contribution in [0.25, 0.3) is 0 Å². The Bertz CT molecular complexity index is 2610. The lowest BCUT2D eigenvalue weighted by molar-refractivity contribution is 0.0563. The number of carbonyl (C=O) groups is 3. The summed E-state index contributed by atoms with van der Waals surface area (Å²) in [5.41, 5.74) is 2.60. The van der Waals surface area contributed by atoms with E-state index in [9.17, 15) is 27.6 Å². The van der Waals surface area contributed by atoms with Crippen LogP contribution >= 0.6 is 23.5 Å². The van der Waals surface area contributed by atoms with Crippen LogP contribution in [-0.2, 0) is 25.3 Å². The Labute approximate surface area is 390 Å². The fourth-order valence-corrected chi connectivity index (χ4v) is 10.2. The number of methoxy groups -OCH3 is 2. The van der Waals surface area contributed by atoms with Gasteiger partial charge in [-0.2, -0.15) is 0 Å². The number of amides is 3. The molecule has 0 bridgehead atoms. The summed E-state index contributed by atoms with van der Waals surface area (Å²) in [5.74, 6) is -4.80. The summed E-state index contributed by atoms with van der Waals surface area (Å²) in [5, 5.41) is 8.13.